The number of carbonyl (C=O) groups excluding carboxylic acids is 4. The summed E-state index contributed by atoms with van der Waals surface area (Å²) in [4.78, 5) is 43.7. The van der Waals surface area contributed by atoms with Crippen LogP contribution in [0.25, 0.3) is 0 Å². The van der Waals surface area contributed by atoms with Gasteiger partial charge < -0.3 is 24.9 Å². The molecule has 2 rings (SSSR count). The Labute approximate surface area is 217 Å². The molecule has 0 spiro atoms. The van der Waals surface area contributed by atoms with Gasteiger partial charge in [0.25, 0.3) is 11.7 Å². The minimum absolute atomic E-state index is 0. The molecule has 28 heavy (non-hydrogen) atoms. The summed E-state index contributed by atoms with van der Waals surface area (Å²) in [5, 5.41) is 2.02. The van der Waals surface area contributed by atoms with Crippen LogP contribution in [-0.4, -0.2) is 23.4 Å². The molecule has 1 N–H and O–H groups in total. The van der Waals surface area contributed by atoms with E-state index in [1.807, 2.05) is 5.32 Å². The molecule has 0 bridgehead atoms. The predicted molar refractivity (Wildman–Crippen MR) is 99.3 cm³/mol. The van der Waals surface area contributed by atoms with Crippen LogP contribution in [0.1, 0.15) is 20.7 Å². The fourth-order valence-electron chi connectivity index (χ4n) is 1.57. The first kappa shape index (κ1) is 34.4. The predicted octanol–water partition coefficient (Wildman–Crippen LogP) is 2.88. The topological polar surface area (TPSA) is 89.5 Å². The van der Waals surface area contributed by atoms with Crippen molar-refractivity contribution in [1.82, 2.24) is 5.32 Å². The average Bonchev–Trinajstić information content (AvgIpc) is 2.67. The number of benzene rings is 2. The summed E-state index contributed by atoms with van der Waals surface area (Å²) >= 11 is 0. The van der Waals surface area contributed by atoms with Crippen molar-refractivity contribution in [3.05, 3.63) is 101 Å². The van der Waals surface area contributed by atoms with Crippen LogP contribution in [0.15, 0.2) is 60.7 Å². The van der Waals surface area contributed by atoms with Gasteiger partial charge in [0.1, 0.15) is 0 Å². The van der Waals surface area contributed by atoms with Crippen LogP contribution >= 0.6 is 0 Å². The van der Waals surface area contributed by atoms with Crippen LogP contribution in [-0.2, 0) is 79.7 Å². The molecule has 1 amide bonds. The Morgan fingerprint density at radius 1 is 0.714 bits per heavy atom. The first-order valence-electron chi connectivity index (χ1n) is 6.73. The Morgan fingerprint density at radius 2 is 1.07 bits per heavy atom. The number of ether oxygens (including phenoxy) is 1. The average molecular weight is 533 g/mol. The number of nitrogens with one attached hydrogen (secondary N) is 1. The van der Waals surface area contributed by atoms with E-state index in [0.29, 0.717) is 11.1 Å². The van der Waals surface area contributed by atoms with Gasteiger partial charge in [0.2, 0.25) is 5.78 Å². The van der Waals surface area contributed by atoms with Crippen molar-refractivity contribution < 1.29 is 89.3 Å². The van der Waals surface area contributed by atoms with E-state index in [-0.39, 0.29) is 80.3 Å². The largest absolute Gasteiger partial charge is 0.634 e. The normalized spacial score (nSPS) is 7.79. The zero-order valence-electron chi connectivity index (χ0n) is 15.9. The minimum atomic E-state index is -0.943. The molecule has 2 aromatic rings. The molecule has 8 heteroatoms. The molecule has 0 aromatic heterocycles. The summed E-state index contributed by atoms with van der Waals surface area (Å²) in [6, 6.07) is 16.5. The summed E-state index contributed by atoms with van der Waals surface area (Å²) in [7, 11) is 5.97. The van der Waals surface area contributed by atoms with Crippen LogP contribution < -0.4 is 5.32 Å². The number of ketones is 2. The summed E-state index contributed by atoms with van der Waals surface area (Å²) in [5.41, 5.74) is 0.685. The van der Waals surface area contributed by atoms with Crippen molar-refractivity contribution in [2.24, 2.45) is 0 Å². The fourth-order valence-corrected chi connectivity index (χ4v) is 1.57. The Hall–Kier alpha value is -1.07. The Kier molecular flexibility index (Phi) is 23.7. The van der Waals surface area contributed by atoms with Crippen molar-refractivity contribution >= 4 is 23.4 Å². The molecule has 2 aromatic carbocycles. The van der Waals surface area contributed by atoms with E-state index in [9.17, 15) is 19.2 Å². The molecule has 0 heterocycles. The van der Waals surface area contributed by atoms with Crippen molar-refractivity contribution in [3.63, 3.8) is 0 Å². The molecule has 0 aliphatic carbocycles. The van der Waals surface area contributed by atoms with Gasteiger partial charge in [-0.15, -0.1) is 0 Å². The smallest absolute Gasteiger partial charge is 0.348 e. The quantitative estimate of drug-likeness (QED) is 0.283. The molecule has 0 atom stereocenters. The SMILES string of the molecule is [CH2-]NC(=O)C(=O)c1ccccc1.[CH2-]OC(=O)C(=O)c1ccccc1.[CH3-].[CH3-].[Y].[Y]. The third-order valence-corrected chi connectivity index (χ3v) is 2.76. The van der Waals surface area contributed by atoms with E-state index in [4.69, 9.17) is 0 Å². The number of hydrogen-bond acceptors (Lipinski definition) is 5. The van der Waals surface area contributed by atoms with Gasteiger partial charge in [-0.1, -0.05) is 60.7 Å². The third-order valence-electron chi connectivity index (χ3n) is 2.76. The molecule has 0 aliphatic heterocycles. The van der Waals surface area contributed by atoms with E-state index in [0.717, 1.165) is 0 Å². The number of hydrogen-bond donors (Lipinski definition) is 1. The number of rotatable bonds is 4. The monoisotopic (exact) mass is 533 g/mol. The van der Waals surface area contributed by atoms with E-state index in [1.165, 1.54) is 0 Å². The van der Waals surface area contributed by atoms with Gasteiger partial charge in [0.15, 0.2) is 0 Å². The van der Waals surface area contributed by atoms with Crippen LogP contribution in [0.5, 0.6) is 0 Å². The second kappa shape index (κ2) is 19.3. The van der Waals surface area contributed by atoms with Crippen LogP contribution in [0.2, 0.25) is 0 Å². The second-order valence-corrected chi connectivity index (χ2v) is 4.33. The second-order valence-electron chi connectivity index (χ2n) is 4.33. The van der Waals surface area contributed by atoms with Gasteiger partial charge in [-0.05, 0) is 0 Å². The van der Waals surface area contributed by atoms with Crippen molar-refractivity contribution in [1.29, 1.82) is 0 Å². The molecule has 0 aliphatic rings. The summed E-state index contributed by atoms with van der Waals surface area (Å²) in [6.07, 6.45) is 0. The number of esters is 1. The van der Waals surface area contributed by atoms with E-state index >= 15 is 0 Å². The van der Waals surface area contributed by atoms with Gasteiger partial charge in [-0.2, -0.15) is 7.11 Å². The zero-order valence-corrected chi connectivity index (χ0v) is 21.6. The minimum Gasteiger partial charge on any atom is -0.634 e. The van der Waals surface area contributed by atoms with Gasteiger partial charge in [0.05, 0.1) is 0 Å². The molecular formula is C20H21NO5Y2-4. The van der Waals surface area contributed by atoms with E-state index in [1.54, 1.807) is 60.7 Å². The summed E-state index contributed by atoms with van der Waals surface area (Å²) in [5.74, 6) is -2.88. The van der Waals surface area contributed by atoms with Crippen molar-refractivity contribution in [2.75, 3.05) is 0 Å². The Bertz CT molecular complexity index is 658. The molecular weight excluding hydrogens is 512 g/mol. The van der Waals surface area contributed by atoms with Gasteiger partial charge in [0, 0.05) is 76.5 Å². The summed E-state index contributed by atoms with van der Waals surface area (Å²) in [6.45, 7) is 0. The van der Waals surface area contributed by atoms with Crippen molar-refractivity contribution in [3.8, 4) is 0 Å². The van der Waals surface area contributed by atoms with Crippen LogP contribution in [0, 0.1) is 29.0 Å². The number of Topliss-reactive ketones (excluding diaryl/α,β-unsaturated/α-hetero) is 2. The molecule has 2 radical (unpaired) electrons. The first-order chi connectivity index (χ1) is 11.5. The van der Waals surface area contributed by atoms with Gasteiger partial charge in [-0.3, -0.25) is 21.4 Å². The molecule has 0 unspecified atom stereocenters. The third kappa shape index (κ3) is 11.7. The number of amides is 1. The van der Waals surface area contributed by atoms with Crippen molar-refractivity contribution in [2.45, 2.75) is 0 Å². The fraction of sp³-hybridized carbons (Fsp3) is 0. The zero-order chi connectivity index (χ0) is 17.9. The maximum absolute atomic E-state index is 11.1. The molecule has 0 saturated carbocycles. The molecule has 146 valence electrons. The number of carbonyl (C=O) groups is 4. The molecule has 0 saturated heterocycles. The van der Waals surface area contributed by atoms with Crippen LogP contribution in [0.3, 0.4) is 0 Å². The molecule has 0 fully saturated rings. The first-order valence-corrected chi connectivity index (χ1v) is 6.73. The van der Waals surface area contributed by atoms with E-state index in [2.05, 4.69) is 18.9 Å². The van der Waals surface area contributed by atoms with Gasteiger partial charge >= 0.3 is 5.97 Å². The van der Waals surface area contributed by atoms with Gasteiger partial charge in [-0.25, -0.2) is 4.79 Å². The Balaban J connectivity index is -0.000000180. The Morgan fingerprint density at radius 3 is 1.39 bits per heavy atom. The van der Waals surface area contributed by atoms with E-state index < -0.39 is 23.4 Å². The van der Waals surface area contributed by atoms with Crippen LogP contribution in [0.4, 0.5) is 0 Å². The standard InChI is InChI=1S/C9H8NO2.C9H7O3.2CH3.2Y/c1-10-9(12)8(11)7-5-3-2-4-6-7;1-12-9(11)8(10)7-5-3-2-4-6-7;;;;/h2-6H,1H2,(H,10,12);2-6H,1H2;2*1H3;;/q4*-1;;. The maximum atomic E-state index is 11.1. The maximum Gasteiger partial charge on any atom is 0.348 e. The summed E-state index contributed by atoms with van der Waals surface area (Å²) < 4.78 is 4.03. The molecule has 6 nitrogen and oxygen atoms in total.